The van der Waals surface area contributed by atoms with E-state index in [4.69, 9.17) is 4.74 Å². The molecule has 0 aliphatic heterocycles. The fraction of sp³-hybridized carbons (Fsp3) is 0.500. The average molecular weight is 329 g/mol. The van der Waals surface area contributed by atoms with Crippen LogP contribution in [-0.2, 0) is 9.53 Å². The zero-order chi connectivity index (χ0) is 13.9. The Hall–Kier alpha value is -0.910. The second kappa shape index (κ2) is 9.95. The molecule has 0 heterocycles. The van der Waals surface area contributed by atoms with Crippen molar-refractivity contribution in [3.63, 3.8) is 0 Å². The van der Waals surface area contributed by atoms with E-state index in [1.807, 2.05) is 24.3 Å². The third kappa shape index (κ3) is 7.97. The third-order valence-electron chi connectivity index (χ3n) is 2.46. The molecule has 1 amide bonds. The van der Waals surface area contributed by atoms with Crippen molar-refractivity contribution in [1.82, 2.24) is 5.32 Å². The SMILES string of the molecule is CCCCOCCNCC(=O)Nc1cccc(Br)c1. The predicted molar refractivity (Wildman–Crippen MR) is 81.4 cm³/mol. The normalized spacial score (nSPS) is 10.4. The van der Waals surface area contributed by atoms with E-state index in [1.165, 1.54) is 0 Å². The van der Waals surface area contributed by atoms with E-state index in [0.29, 0.717) is 19.7 Å². The van der Waals surface area contributed by atoms with Gasteiger partial charge in [0.05, 0.1) is 13.2 Å². The minimum absolute atomic E-state index is 0.0494. The number of anilines is 1. The highest BCUT2D eigenvalue weighted by Gasteiger charge is 2.01. The van der Waals surface area contributed by atoms with E-state index >= 15 is 0 Å². The number of benzene rings is 1. The molecule has 0 aromatic heterocycles. The largest absolute Gasteiger partial charge is 0.380 e. The van der Waals surface area contributed by atoms with Gasteiger partial charge in [0.1, 0.15) is 0 Å². The monoisotopic (exact) mass is 328 g/mol. The maximum atomic E-state index is 11.6. The highest BCUT2D eigenvalue weighted by atomic mass is 79.9. The fourth-order valence-electron chi connectivity index (χ4n) is 1.47. The van der Waals surface area contributed by atoms with Gasteiger partial charge >= 0.3 is 0 Å². The average Bonchev–Trinajstić information content (AvgIpc) is 2.37. The number of carbonyl (C=O) groups excluding carboxylic acids is 1. The second-order valence-electron chi connectivity index (χ2n) is 4.20. The lowest BCUT2D eigenvalue weighted by molar-refractivity contribution is -0.115. The van der Waals surface area contributed by atoms with Crippen molar-refractivity contribution in [1.29, 1.82) is 0 Å². The summed E-state index contributed by atoms with van der Waals surface area (Å²) >= 11 is 3.36. The van der Waals surface area contributed by atoms with Crippen LogP contribution in [0.5, 0.6) is 0 Å². The maximum Gasteiger partial charge on any atom is 0.238 e. The molecule has 106 valence electrons. The number of amides is 1. The van der Waals surface area contributed by atoms with E-state index in [2.05, 4.69) is 33.5 Å². The first-order valence-electron chi connectivity index (χ1n) is 6.56. The minimum Gasteiger partial charge on any atom is -0.380 e. The van der Waals surface area contributed by atoms with Gasteiger partial charge in [-0.1, -0.05) is 35.3 Å². The zero-order valence-corrected chi connectivity index (χ0v) is 12.8. The van der Waals surface area contributed by atoms with E-state index in [0.717, 1.165) is 29.6 Å². The molecule has 4 nitrogen and oxygen atoms in total. The van der Waals surface area contributed by atoms with Gasteiger partial charge in [0.15, 0.2) is 0 Å². The molecule has 5 heteroatoms. The Labute approximate surface area is 123 Å². The summed E-state index contributed by atoms with van der Waals surface area (Å²) in [6, 6.07) is 7.53. The molecule has 1 aromatic carbocycles. The molecule has 0 bridgehead atoms. The highest BCUT2D eigenvalue weighted by molar-refractivity contribution is 9.10. The van der Waals surface area contributed by atoms with E-state index in [-0.39, 0.29) is 5.91 Å². The van der Waals surface area contributed by atoms with Gasteiger partial charge in [-0.25, -0.2) is 0 Å². The van der Waals surface area contributed by atoms with Gasteiger partial charge in [-0.2, -0.15) is 0 Å². The van der Waals surface area contributed by atoms with Crippen LogP contribution in [0.3, 0.4) is 0 Å². The number of nitrogens with one attached hydrogen (secondary N) is 2. The standard InChI is InChI=1S/C14H21BrN2O2/c1-2-3-8-19-9-7-16-11-14(18)17-13-6-4-5-12(15)10-13/h4-6,10,16H,2-3,7-9,11H2,1H3,(H,17,18). The van der Waals surface area contributed by atoms with Crippen molar-refractivity contribution in [3.8, 4) is 0 Å². The van der Waals surface area contributed by atoms with Crippen molar-refractivity contribution in [3.05, 3.63) is 28.7 Å². The first-order valence-corrected chi connectivity index (χ1v) is 7.35. The van der Waals surface area contributed by atoms with Crippen LogP contribution in [-0.4, -0.2) is 32.2 Å². The van der Waals surface area contributed by atoms with Crippen molar-refractivity contribution in [2.24, 2.45) is 0 Å². The summed E-state index contributed by atoms with van der Waals surface area (Å²) in [6.07, 6.45) is 2.23. The van der Waals surface area contributed by atoms with Gasteiger partial charge in [0.25, 0.3) is 0 Å². The van der Waals surface area contributed by atoms with Gasteiger partial charge in [-0.3, -0.25) is 4.79 Å². The molecule has 0 atom stereocenters. The molecular weight excluding hydrogens is 308 g/mol. The summed E-state index contributed by atoms with van der Waals surface area (Å²) in [5.74, 6) is -0.0494. The van der Waals surface area contributed by atoms with Crippen molar-refractivity contribution in [2.75, 3.05) is 31.6 Å². The summed E-state index contributed by atoms with van der Waals surface area (Å²) < 4.78 is 6.34. The zero-order valence-electron chi connectivity index (χ0n) is 11.2. The van der Waals surface area contributed by atoms with Crippen LogP contribution in [0, 0.1) is 0 Å². The van der Waals surface area contributed by atoms with Gasteiger partial charge < -0.3 is 15.4 Å². The fourth-order valence-corrected chi connectivity index (χ4v) is 1.87. The molecule has 0 spiro atoms. The van der Waals surface area contributed by atoms with Crippen LogP contribution in [0.1, 0.15) is 19.8 Å². The Kier molecular flexibility index (Phi) is 8.45. The number of unbranched alkanes of at least 4 members (excludes halogenated alkanes) is 1. The molecule has 0 saturated carbocycles. The molecule has 0 aliphatic rings. The number of ether oxygens (including phenoxy) is 1. The minimum atomic E-state index is -0.0494. The molecule has 19 heavy (non-hydrogen) atoms. The molecule has 0 aliphatic carbocycles. The molecule has 0 fully saturated rings. The number of rotatable bonds is 9. The van der Waals surface area contributed by atoms with E-state index < -0.39 is 0 Å². The molecule has 0 unspecified atom stereocenters. The van der Waals surface area contributed by atoms with Crippen LogP contribution in [0.4, 0.5) is 5.69 Å². The van der Waals surface area contributed by atoms with Gasteiger partial charge in [-0.05, 0) is 24.6 Å². The molecule has 2 N–H and O–H groups in total. The van der Waals surface area contributed by atoms with Crippen molar-refractivity contribution in [2.45, 2.75) is 19.8 Å². The summed E-state index contributed by atoms with van der Waals surface area (Å²) in [5.41, 5.74) is 0.792. The summed E-state index contributed by atoms with van der Waals surface area (Å²) in [4.78, 5) is 11.6. The smallest absolute Gasteiger partial charge is 0.238 e. The topological polar surface area (TPSA) is 50.4 Å². The van der Waals surface area contributed by atoms with Crippen molar-refractivity contribution >= 4 is 27.5 Å². The molecular formula is C14H21BrN2O2. The van der Waals surface area contributed by atoms with Gasteiger partial charge in [0.2, 0.25) is 5.91 Å². The van der Waals surface area contributed by atoms with E-state index in [9.17, 15) is 4.79 Å². The molecule has 1 aromatic rings. The Balaban J connectivity index is 2.08. The molecule has 1 rings (SSSR count). The maximum absolute atomic E-state index is 11.6. The lowest BCUT2D eigenvalue weighted by Gasteiger charge is -2.07. The van der Waals surface area contributed by atoms with Gasteiger partial charge in [-0.15, -0.1) is 0 Å². The lowest BCUT2D eigenvalue weighted by Crippen LogP contribution is -2.30. The first-order chi connectivity index (χ1) is 9.22. The Morgan fingerprint density at radius 2 is 2.21 bits per heavy atom. The summed E-state index contributed by atoms with van der Waals surface area (Å²) in [7, 11) is 0. The summed E-state index contributed by atoms with van der Waals surface area (Å²) in [6.45, 7) is 4.56. The van der Waals surface area contributed by atoms with Crippen LogP contribution in [0.2, 0.25) is 0 Å². The highest BCUT2D eigenvalue weighted by Crippen LogP contribution is 2.15. The quantitative estimate of drug-likeness (QED) is 0.685. The predicted octanol–water partition coefficient (Wildman–Crippen LogP) is 2.79. The number of carbonyl (C=O) groups is 1. The van der Waals surface area contributed by atoms with Gasteiger partial charge in [0, 0.05) is 23.3 Å². The Bertz CT molecular complexity index is 385. The Morgan fingerprint density at radius 3 is 2.95 bits per heavy atom. The van der Waals surface area contributed by atoms with Crippen LogP contribution >= 0.6 is 15.9 Å². The second-order valence-corrected chi connectivity index (χ2v) is 5.12. The van der Waals surface area contributed by atoms with Crippen LogP contribution in [0.15, 0.2) is 28.7 Å². The summed E-state index contributed by atoms with van der Waals surface area (Å²) in [5, 5.41) is 5.87. The van der Waals surface area contributed by atoms with Crippen LogP contribution in [0.25, 0.3) is 0 Å². The Morgan fingerprint density at radius 1 is 1.37 bits per heavy atom. The number of halogens is 1. The lowest BCUT2D eigenvalue weighted by atomic mass is 10.3. The number of hydrogen-bond acceptors (Lipinski definition) is 3. The number of hydrogen-bond donors (Lipinski definition) is 2. The molecule has 0 radical (unpaired) electrons. The molecule has 0 saturated heterocycles. The third-order valence-corrected chi connectivity index (χ3v) is 2.95. The van der Waals surface area contributed by atoms with Crippen molar-refractivity contribution < 1.29 is 9.53 Å². The van der Waals surface area contributed by atoms with Crippen LogP contribution < -0.4 is 10.6 Å². The first kappa shape index (κ1) is 16.1. The van der Waals surface area contributed by atoms with E-state index in [1.54, 1.807) is 0 Å².